The van der Waals surface area contributed by atoms with Gasteiger partial charge in [0.15, 0.2) is 0 Å². The monoisotopic (exact) mass is 882 g/mol. The molecular formula is C49H45IrN4. The molecule has 1 unspecified atom stereocenters. The Morgan fingerprint density at radius 3 is 1.87 bits per heavy atom. The first-order valence-electron chi connectivity index (χ1n) is 18.5. The number of hydrogen-bond donors (Lipinski definition) is 0. The molecule has 1 aliphatic heterocycles. The molecule has 54 heavy (non-hydrogen) atoms. The van der Waals surface area contributed by atoms with E-state index < -0.39 is 5.41 Å². The number of fused-ring (bicyclic) bond motifs is 3. The van der Waals surface area contributed by atoms with E-state index in [1.165, 1.54) is 38.7 Å². The van der Waals surface area contributed by atoms with E-state index >= 15 is 0 Å². The zero-order valence-electron chi connectivity index (χ0n) is 32.2. The molecule has 1 atom stereocenters. The first-order valence-corrected chi connectivity index (χ1v) is 18.5. The van der Waals surface area contributed by atoms with Crippen LogP contribution in [0.4, 0.5) is 0 Å². The molecule has 4 aromatic carbocycles. The van der Waals surface area contributed by atoms with Crippen LogP contribution < -0.4 is 0 Å². The quantitative estimate of drug-likeness (QED) is 0.128. The summed E-state index contributed by atoms with van der Waals surface area (Å²) < 4.78 is 2.41. The van der Waals surface area contributed by atoms with Crippen LogP contribution in [0.15, 0.2) is 128 Å². The SMILES string of the molecule is CC(C)(c1[c-]cccc1)c1ccccn1.Cc1ccc2c3c1c1ccc(C(C)(c4[c-]cccc4)c4ccccn4)[c-]c1c1ncc(n13)C(C)(C)C2(C)C.[Ir+3]. The van der Waals surface area contributed by atoms with Crippen LogP contribution in [-0.2, 0) is 41.8 Å². The van der Waals surface area contributed by atoms with E-state index in [1.54, 1.807) is 0 Å². The molecule has 4 nitrogen and oxygen atoms in total. The van der Waals surface area contributed by atoms with Crippen LogP contribution in [-0.4, -0.2) is 19.4 Å². The summed E-state index contributed by atoms with van der Waals surface area (Å²) in [6, 6.07) is 48.1. The Kier molecular flexibility index (Phi) is 9.49. The van der Waals surface area contributed by atoms with Gasteiger partial charge in [0.05, 0.1) is 11.3 Å². The minimum absolute atomic E-state index is 0. The fourth-order valence-electron chi connectivity index (χ4n) is 8.23. The van der Waals surface area contributed by atoms with Gasteiger partial charge in [-0.2, -0.15) is 66.2 Å². The predicted molar refractivity (Wildman–Crippen MR) is 217 cm³/mol. The molecule has 0 bridgehead atoms. The summed E-state index contributed by atoms with van der Waals surface area (Å²) >= 11 is 0. The van der Waals surface area contributed by atoms with Crippen molar-refractivity contribution in [2.45, 2.75) is 77.0 Å². The number of rotatable bonds is 5. The van der Waals surface area contributed by atoms with Crippen molar-refractivity contribution in [1.82, 2.24) is 19.4 Å². The van der Waals surface area contributed by atoms with E-state index in [0.717, 1.165) is 33.5 Å². The molecule has 9 rings (SSSR count). The van der Waals surface area contributed by atoms with Crippen LogP contribution in [0.5, 0.6) is 0 Å². The maximum atomic E-state index is 5.07. The number of hydrogen-bond acceptors (Lipinski definition) is 3. The normalized spacial score (nSPS) is 15.3. The van der Waals surface area contributed by atoms with E-state index in [0.29, 0.717) is 0 Å². The van der Waals surface area contributed by atoms with Gasteiger partial charge in [-0.05, 0) is 49.1 Å². The van der Waals surface area contributed by atoms with Gasteiger partial charge in [-0.1, -0.05) is 82.1 Å². The Morgan fingerprint density at radius 1 is 0.630 bits per heavy atom. The molecule has 4 aromatic heterocycles. The standard InChI is InChI=1S/C35H31N3.C14H14N.Ir/c1-22-15-18-27-31-30(22)25-17-16-24(35(6,23-12-8-7-9-13-23)28-14-10-11-19-36-28)20-26(25)32-37-21-29(38(31)32)34(4,5)33(27,2)3;1-14(2,12-8-4-3-5-9-12)13-10-6-7-11-15-13;/h7-12,14-19,21H,1-6H3;3-8,10-11H,1-2H3;/q-2;-1;+3. The third-order valence-corrected chi connectivity index (χ3v) is 12.3. The number of nitrogens with zero attached hydrogens (tertiary/aromatic N) is 4. The summed E-state index contributed by atoms with van der Waals surface area (Å²) in [6.07, 6.45) is 5.79. The molecule has 0 fully saturated rings. The molecule has 0 N–H and O–H groups in total. The minimum atomic E-state index is -0.521. The fraction of sp³-hybridized carbons (Fsp3) is 0.245. The maximum absolute atomic E-state index is 5.07. The van der Waals surface area contributed by atoms with Crippen LogP contribution in [0.2, 0.25) is 0 Å². The Morgan fingerprint density at radius 2 is 1.26 bits per heavy atom. The zero-order valence-corrected chi connectivity index (χ0v) is 34.6. The summed E-state index contributed by atoms with van der Waals surface area (Å²) in [5.74, 6) is 0. The average molecular weight is 882 g/mol. The van der Waals surface area contributed by atoms with E-state index in [2.05, 4.69) is 150 Å². The molecule has 0 saturated carbocycles. The van der Waals surface area contributed by atoms with Gasteiger partial charge in [0.1, 0.15) is 0 Å². The first-order chi connectivity index (χ1) is 25.4. The molecule has 0 spiro atoms. The van der Waals surface area contributed by atoms with Crippen molar-refractivity contribution in [2.24, 2.45) is 0 Å². The second-order valence-corrected chi connectivity index (χ2v) is 16.1. The van der Waals surface area contributed by atoms with Gasteiger partial charge in [0.2, 0.25) is 0 Å². The molecule has 0 amide bonds. The van der Waals surface area contributed by atoms with Crippen molar-refractivity contribution in [3.63, 3.8) is 0 Å². The Balaban J connectivity index is 0.000000237. The van der Waals surface area contributed by atoms with Crippen LogP contribution in [0.3, 0.4) is 0 Å². The van der Waals surface area contributed by atoms with Crippen LogP contribution in [0, 0.1) is 25.1 Å². The molecule has 0 aliphatic carbocycles. The van der Waals surface area contributed by atoms with Gasteiger partial charge in [-0.15, -0.1) is 29.3 Å². The number of pyridine rings is 3. The van der Waals surface area contributed by atoms with Crippen LogP contribution >= 0.6 is 0 Å². The Bertz CT molecular complexity index is 2510. The van der Waals surface area contributed by atoms with Crippen molar-refractivity contribution in [1.29, 1.82) is 0 Å². The van der Waals surface area contributed by atoms with Crippen molar-refractivity contribution in [3.8, 4) is 0 Å². The summed E-state index contributed by atoms with van der Waals surface area (Å²) in [7, 11) is 0. The van der Waals surface area contributed by atoms with Crippen molar-refractivity contribution in [2.75, 3.05) is 0 Å². The second kappa shape index (κ2) is 13.7. The van der Waals surface area contributed by atoms with E-state index in [1.807, 2.05) is 60.9 Å². The fourth-order valence-corrected chi connectivity index (χ4v) is 8.23. The molecule has 8 aromatic rings. The van der Waals surface area contributed by atoms with Gasteiger partial charge >= 0.3 is 20.1 Å². The van der Waals surface area contributed by atoms with Crippen molar-refractivity contribution < 1.29 is 20.1 Å². The van der Waals surface area contributed by atoms with E-state index in [-0.39, 0.29) is 36.4 Å². The van der Waals surface area contributed by atoms with Gasteiger partial charge in [-0.3, -0.25) is 15.0 Å². The first kappa shape index (κ1) is 37.4. The molecule has 5 heterocycles. The number of imidazole rings is 1. The molecule has 1 aliphatic rings. The summed E-state index contributed by atoms with van der Waals surface area (Å²) in [6.45, 7) is 18.2. The smallest absolute Gasteiger partial charge is 0.336 e. The topological polar surface area (TPSA) is 43.1 Å². The molecular weight excluding hydrogens is 837 g/mol. The number of aryl methyl sites for hydroxylation is 1. The van der Waals surface area contributed by atoms with Crippen LogP contribution in [0.25, 0.3) is 27.3 Å². The largest absolute Gasteiger partial charge is 3.00 e. The predicted octanol–water partition coefficient (Wildman–Crippen LogP) is 11.1. The van der Waals surface area contributed by atoms with Gasteiger partial charge in [-0.25, -0.2) is 0 Å². The summed E-state index contributed by atoms with van der Waals surface area (Å²) in [5.41, 5.74) is 10.8. The van der Waals surface area contributed by atoms with Gasteiger partial charge in [0.25, 0.3) is 0 Å². The minimum Gasteiger partial charge on any atom is -0.336 e. The Labute approximate surface area is 333 Å². The average Bonchev–Trinajstić information content (AvgIpc) is 3.66. The zero-order chi connectivity index (χ0) is 37.2. The summed E-state index contributed by atoms with van der Waals surface area (Å²) in [5, 5.41) is 3.54. The third kappa shape index (κ3) is 5.63. The van der Waals surface area contributed by atoms with Gasteiger partial charge in [0, 0.05) is 57.2 Å². The molecule has 270 valence electrons. The third-order valence-electron chi connectivity index (χ3n) is 12.3. The van der Waals surface area contributed by atoms with E-state index in [9.17, 15) is 0 Å². The molecule has 0 saturated heterocycles. The second-order valence-electron chi connectivity index (χ2n) is 16.1. The number of aromatic nitrogens is 4. The summed E-state index contributed by atoms with van der Waals surface area (Å²) in [4.78, 5) is 14.3. The van der Waals surface area contributed by atoms with E-state index in [4.69, 9.17) is 9.97 Å². The molecule has 0 radical (unpaired) electrons. The van der Waals surface area contributed by atoms with Gasteiger partial charge < -0.3 is 4.40 Å². The van der Waals surface area contributed by atoms with Crippen LogP contribution in [0.1, 0.15) is 93.4 Å². The van der Waals surface area contributed by atoms with Crippen molar-refractivity contribution >= 4 is 27.3 Å². The molecule has 5 heteroatoms. The maximum Gasteiger partial charge on any atom is 3.00 e. The number of benzene rings is 4. The van der Waals surface area contributed by atoms with Crippen molar-refractivity contribution in [3.05, 3.63) is 191 Å². The Hall–Kier alpha value is -4.96.